The third-order valence-electron chi connectivity index (χ3n) is 4.87. The molecular weight excluding hydrogens is 430 g/mol. The number of aromatic carboxylic acids is 4. The van der Waals surface area contributed by atoms with Crippen molar-refractivity contribution < 1.29 is 39.6 Å². The van der Waals surface area contributed by atoms with Gasteiger partial charge in [0.25, 0.3) is 0 Å². The smallest absolute Gasteiger partial charge is 0.335 e. The molecule has 168 valence electrons. The Morgan fingerprint density at radius 3 is 1.30 bits per heavy atom. The summed E-state index contributed by atoms with van der Waals surface area (Å²) in [4.78, 5) is 47.5. The lowest BCUT2D eigenvalue weighted by atomic mass is 10.1. The van der Waals surface area contributed by atoms with E-state index in [4.69, 9.17) is 0 Å². The van der Waals surface area contributed by atoms with Crippen LogP contribution in [0.25, 0.3) is 0 Å². The Morgan fingerprint density at radius 1 is 0.545 bits per heavy atom. The number of hydrogen-bond acceptors (Lipinski definition) is 5. The Kier molecular flexibility index (Phi) is 6.73. The SMILES string of the molecule is O=C(O)c1cccc(CN(Cc2cccc(C(=O)O)c2)c2cc(C(=O)O)cc(C(=O)O)c2)c1. The Bertz CT molecular complexity index is 1160. The first-order chi connectivity index (χ1) is 15.6. The summed E-state index contributed by atoms with van der Waals surface area (Å²) in [6.07, 6.45) is 0. The van der Waals surface area contributed by atoms with Crippen LogP contribution in [-0.2, 0) is 13.1 Å². The number of rotatable bonds is 9. The Morgan fingerprint density at radius 2 is 0.939 bits per heavy atom. The predicted molar refractivity (Wildman–Crippen MR) is 117 cm³/mol. The van der Waals surface area contributed by atoms with E-state index in [0.717, 1.165) is 6.07 Å². The normalized spacial score (nSPS) is 10.4. The highest BCUT2D eigenvalue weighted by Gasteiger charge is 2.17. The lowest BCUT2D eigenvalue weighted by Gasteiger charge is -2.26. The number of nitrogens with zero attached hydrogens (tertiary/aromatic N) is 1. The summed E-state index contributed by atoms with van der Waals surface area (Å²) in [5.41, 5.74) is 1.11. The molecule has 3 aromatic carbocycles. The van der Waals surface area contributed by atoms with Gasteiger partial charge in [0.05, 0.1) is 22.3 Å². The van der Waals surface area contributed by atoms with Gasteiger partial charge in [0, 0.05) is 18.8 Å². The average molecular weight is 449 g/mol. The highest BCUT2D eigenvalue weighted by Crippen LogP contribution is 2.25. The third-order valence-corrected chi connectivity index (χ3v) is 4.87. The molecule has 4 N–H and O–H groups in total. The second-order valence-electron chi connectivity index (χ2n) is 7.25. The van der Waals surface area contributed by atoms with E-state index in [-0.39, 0.29) is 41.0 Å². The van der Waals surface area contributed by atoms with Crippen LogP contribution >= 0.6 is 0 Å². The van der Waals surface area contributed by atoms with Gasteiger partial charge in [-0.25, -0.2) is 19.2 Å². The van der Waals surface area contributed by atoms with Crippen LogP contribution in [0.1, 0.15) is 52.6 Å². The largest absolute Gasteiger partial charge is 0.478 e. The zero-order valence-electron chi connectivity index (χ0n) is 17.1. The Balaban J connectivity index is 2.09. The van der Waals surface area contributed by atoms with Gasteiger partial charge in [-0.2, -0.15) is 0 Å². The van der Waals surface area contributed by atoms with Gasteiger partial charge in [-0.15, -0.1) is 0 Å². The maximum atomic E-state index is 11.6. The second kappa shape index (κ2) is 9.65. The van der Waals surface area contributed by atoms with Gasteiger partial charge in [-0.3, -0.25) is 0 Å². The Hall–Kier alpha value is -4.66. The number of carboxylic acid groups (broad SMARTS) is 4. The van der Waals surface area contributed by atoms with Crippen molar-refractivity contribution in [1.29, 1.82) is 0 Å². The van der Waals surface area contributed by atoms with Crippen LogP contribution < -0.4 is 4.90 Å². The molecule has 0 aliphatic carbocycles. The first kappa shape index (κ1) is 23.0. The number of carbonyl (C=O) groups is 4. The number of anilines is 1. The van der Waals surface area contributed by atoms with Gasteiger partial charge in [0.2, 0.25) is 0 Å². The monoisotopic (exact) mass is 449 g/mol. The van der Waals surface area contributed by atoms with E-state index in [1.165, 1.54) is 36.4 Å². The van der Waals surface area contributed by atoms with Crippen LogP contribution in [0.15, 0.2) is 66.7 Å². The minimum absolute atomic E-state index is 0.0610. The topological polar surface area (TPSA) is 152 Å². The van der Waals surface area contributed by atoms with E-state index in [1.807, 2.05) is 0 Å². The van der Waals surface area contributed by atoms with Crippen LogP contribution in [0.5, 0.6) is 0 Å². The molecule has 0 bridgehead atoms. The summed E-state index contributed by atoms with van der Waals surface area (Å²) in [6.45, 7) is 0.223. The molecule has 0 spiro atoms. The van der Waals surface area contributed by atoms with E-state index >= 15 is 0 Å². The molecule has 0 aromatic heterocycles. The Labute approximate surface area is 187 Å². The number of carboxylic acids is 4. The molecule has 0 saturated carbocycles. The molecular formula is C24H19NO8. The fourth-order valence-corrected chi connectivity index (χ4v) is 3.33. The minimum atomic E-state index is -1.31. The molecule has 0 aliphatic rings. The quantitative estimate of drug-likeness (QED) is 0.383. The molecule has 0 fully saturated rings. The lowest BCUT2D eigenvalue weighted by molar-refractivity contribution is 0.0680. The fourth-order valence-electron chi connectivity index (χ4n) is 3.33. The van der Waals surface area contributed by atoms with Gasteiger partial charge >= 0.3 is 23.9 Å². The van der Waals surface area contributed by atoms with Gasteiger partial charge in [0.15, 0.2) is 0 Å². The molecule has 3 rings (SSSR count). The van der Waals surface area contributed by atoms with Crippen molar-refractivity contribution in [2.45, 2.75) is 13.1 Å². The van der Waals surface area contributed by atoms with Gasteiger partial charge in [-0.05, 0) is 53.6 Å². The van der Waals surface area contributed by atoms with Crippen molar-refractivity contribution in [3.05, 3.63) is 100 Å². The number of hydrogen-bond donors (Lipinski definition) is 4. The molecule has 0 amide bonds. The summed E-state index contributed by atoms with van der Waals surface area (Å²) in [6, 6.07) is 16.0. The van der Waals surface area contributed by atoms with E-state index in [9.17, 15) is 39.6 Å². The van der Waals surface area contributed by atoms with E-state index in [2.05, 4.69) is 0 Å². The zero-order valence-corrected chi connectivity index (χ0v) is 17.1. The van der Waals surface area contributed by atoms with Crippen LogP contribution in [0, 0.1) is 0 Å². The zero-order chi connectivity index (χ0) is 24.1. The molecule has 9 nitrogen and oxygen atoms in total. The predicted octanol–water partition coefficient (Wildman–Crippen LogP) is 3.69. The molecule has 9 heteroatoms. The van der Waals surface area contributed by atoms with Crippen LogP contribution in [0.2, 0.25) is 0 Å². The summed E-state index contributed by atoms with van der Waals surface area (Å²) >= 11 is 0. The molecule has 0 atom stereocenters. The maximum Gasteiger partial charge on any atom is 0.335 e. The lowest BCUT2D eigenvalue weighted by Crippen LogP contribution is -2.23. The van der Waals surface area contributed by atoms with Crippen molar-refractivity contribution in [3.63, 3.8) is 0 Å². The highest BCUT2D eigenvalue weighted by atomic mass is 16.4. The van der Waals surface area contributed by atoms with E-state index < -0.39 is 23.9 Å². The van der Waals surface area contributed by atoms with Crippen molar-refractivity contribution in [2.75, 3.05) is 4.90 Å². The van der Waals surface area contributed by atoms with Crippen molar-refractivity contribution in [1.82, 2.24) is 0 Å². The van der Waals surface area contributed by atoms with Crippen molar-refractivity contribution >= 4 is 29.6 Å². The maximum absolute atomic E-state index is 11.6. The first-order valence-electron chi connectivity index (χ1n) is 9.65. The summed E-state index contributed by atoms with van der Waals surface area (Å²) in [5, 5.41) is 37.4. The molecule has 0 aliphatic heterocycles. The van der Waals surface area contributed by atoms with Crippen LogP contribution in [-0.4, -0.2) is 44.3 Å². The second-order valence-corrected chi connectivity index (χ2v) is 7.25. The third kappa shape index (κ3) is 5.73. The number of benzene rings is 3. The van der Waals surface area contributed by atoms with Crippen molar-refractivity contribution in [2.24, 2.45) is 0 Å². The van der Waals surface area contributed by atoms with E-state index in [0.29, 0.717) is 11.1 Å². The molecule has 0 unspecified atom stereocenters. The molecule has 33 heavy (non-hydrogen) atoms. The van der Waals surface area contributed by atoms with E-state index in [1.54, 1.807) is 29.2 Å². The summed E-state index contributed by atoms with van der Waals surface area (Å²) in [5.74, 6) is -4.84. The van der Waals surface area contributed by atoms with Gasteiger partial charge in [0.1, 0.15) is 0 Å². The van der Waals surface area contributed by atoms with Crippen LogP contribution in [0.4, 0.5) is 5.69 Å². The minimum Gasteiger partial charge on any atom is -0.478 e. The van der Waals surface area contributed by atoms with Gasteiger partial charge in [-0.1, -0.05) is 24.3 Å². The fraction of sp³-hybridized carbons (Fsp3) is 0.0833. The average Bonchev–Trinajstić information content (AvgIpc) is 2.78. The standard InChI is InChI=1S/C24H19NO8/c26-21(27)16-5-1-3-14(7-16)12-25(13-15-4-2-6-17(8-15)22(28)29)20-10-18(23(30)31)9-19(11-20)24(32)33/h1-11H,12-13H2,(H,26,27)(H,28,29)(H,30,31)(H,32,33). The van der Waals surface area contributed by atoms with Crippen molar-refractivity contribution in [3.8, 4) is 0 Å². The van der Waals surface area contributed by atoms with Crippen LogP contribution in [0.3, 0.4) is 0 Å². The summed E-state index contributed by atoms with van der Waals surface area (Å²) in [7, 11) is 0. The molecule has 0 saturated heterocycles. The molecule has 0 radical (unpaired) electrons. The highest BCUT2D eigenvalue weighted by molar-refractivity contribution is 5.95. The molecule has 3 aromatic rings. The summed E-state index contributed by atoms with van der Waals surface area (Å²) < 4.78 is 0. The van der Waals surface area contributed by atoms with Gasteiger partial charge < -0.3 is 25.3 Å². The first-order valence-corrected chi connectivity index (χ1v) is 9.65. The molecule has 0 heterocycles.